The Morgan fingerprint density at radius 1 is 1.38 bits per heavy atom. The normalized spacial score (nSPS) is 16.9. The number of hydrogen-bond acceptors (Lipinski definition) is 3. The molecule has 0 aromatic carbocycles. The molecule has 0 fully saturated rings. The van der Waals surface area contributed by atoms with Crippen molar-refractivity contribution in [2.24, 2.45) is 5.73 Å². The predicted molar refractivity (Wildman–Crippen MR) is 53.5 cm³/mol. The minimum atomic E-state index is -3.39. The van der Waals surface area contributed by atoms with Crippen molar-refractivity contribution in [1.82, 2.24) is 9.44 Å². The van der Waals surface area contributed by atoms with Gasteiger partial charge in [0, 0.05) is 18.6 Å². The van der Waals surface area contributed by atoms with Crippen molar-refractivity contribution in [2.75, 3.05) is 13.1 Å². The largest absolute Gasteiger partial charge is 0.329 e. The van der Waals surface area contributed by atoms with Crippen LogP contribution in [0.2, 0.25) is 0 Å². The smallest absolute Gasteiger partial charge is 0.277 e. The summed E-state index contributed by atoms with van der Waals surface area (Å²) in [6, 6.07) is 0. The molecular weight excluding hydrogens is 190 g/mol. The lowest BCUT2D eigenvalue weighted by Gasteiger charge is -2.27. The third-order valence-electron chi connectivity index (χ3n) is 1.95. The molecule has 6 heteroatoms. The van der Waals surface area contributed by atoms with Gasteiger partial charge in [0.1, 0.15) is 0 Å². The molecule has 0 radical (unpaired) electrons. The molecule has 0 amide bonds. The van der Waals surface area contributed by atoms with E-state index in [-0.39, 0.29) is 6.54 Å². The van der Waals surface area contributed by atoms with E-state index in [1.54, 1.807) is 13.8 Å². The molecule has 0 bridgehead atoms. The second-order valence-electron chi connectivity index (χ2n) is 3.22. The zero-order valence-electron chi connectivity index (χ0n) is 8.42. The molecule has 0 spiro atoms. The highest BCUT2D eigenvalue weighted by molar-refractivity contribution is 7.87. The summed E-state index contributed by atoms with van der Waals surface area (Å²) in [5.74, 6) is 0. The number of nitrogens with one attached hydrogen (secondary N) is 2. The highest BCUT2D eigenvalue weighted by atomic mass is 32.2. The summed E-state index contributed by atoms with van der Waals surface area (Å²) in [4.78, 5) is 0. The van der Waals surface area contributed by atoms with E-state index in [0.717, 1.165) is 0 Å². The van der Waals surface area contributed by atoms with E-state index >= 15 is 0 Å². The van der Waals surface area contributed by atoms with Gasteiger partial charge in [0.15, 0.2) is 0 Å². The van der Waals surface area contributed by atoms with Crippen LogP contribution in [0.5, 0.6) is 0 Å². The standard InChI is InChI=1S/C7H19N3O2S/c1-4-7(3,6-8)10-13(11,12)9-5-2/h9-10H,4-6,8H2,1-3H3. The molecule has 13 heavy (non-hydrogen) atoms. The number of nitrogens with two attached hydrogens (primary N) is 1. The maximum absolute atomic E-state index is 11.3. The molecule has 0 rings (SSSR count). The Labute approximate surface area is 80.3 Å². The maximum atomic E-state index is 11.3. The first kappa shape index (κ1) is 12.8. The Morgan fingerprint density at radius 3 is 2.23 bits per heavy atom. The Kier molecular flexibility index (Phi) is 4.83. The van der Waals surface area contributed by atoms with E-state index in [4.69, 9.17) is 5.73 Å². The zero-order chi connectivity index (χ0) is 10.5. The van der Waals surface area contributed by atoms with E-state index in [9.17, 15) is 8.42 Å². The van der Waals surface area contributed by atoms with Crippen molar-refractivity contribution < 1.29 is 8.42 Å². The average molecular weight is 209 g/mol. The first-order valence-electron chi connectivity index (χ1n) is 4.37. The van der Waals surface area contributed by atoms with Gasteiger partial charge in [-0.25, -0.2) is 4.72 Å². The molecule has 1 unspecified atom stereocenters. The van der Waals surface area contributed by atoms with Crippen molar-refractivity contribution in [3.63, 3.8) is 0 Å². The lowest BCUT2D eigenvalue weighted by Crippen LogP contribution is -2.54. The molecule has 1 atom stereocenters. The van der Waals surface area contributed by atoms with Crippen LogP contribution in [0.1, 0.15) is 27.2 Å². The molecule has 5 nitrogen and oxygen atoms in total. The maximum Gasteiger partial charge on any atom is 0.277 e. The second kappa shape index (κ2) is 4.90. The van der Waals surface area contributed by atoms with Crippen LogP contribution >= 0.6 is 0 Å². The van der Waals surface area contributed by atoms with Gasteiger partial charge in [-0.3, -0.25) is 0 Å². The first-order chi connectivity index (χ1) is 5.89. The van der Waals surface area contributed by atoms with E-state index in [1.807, 2.05) is 6.92 Å². The molecule has 80 valence electrons. The van der Waals surface area contributed by atoms with Crippen molar-refractivity contribution in [3.05, 3.63) is 0 Å². The molecule has 0 heterocycles. The fraction of sp³-hybridized carbons (Fsp3) is 1.00. The lowest BCUT2D eigenvalue weighted by atomic mass is 10.0. The summed E-state index contributed by atoms with van der Waals surface area (Å²) < 4.78 is 27.4. The summed E-state index contributed by atoms with van der Waals surface area (Å²) in [5.41, 5.74) is 4.91. The van der Waals surface area contributed by atoms with Crippen LogP contribution in [-0.2, 0) is 10.2 Å². The van der Waals surface area contributed by atoms with E-state index < -0.39 is 15.7 Å². The number of rotatable bonds is 6. The molecule has 0 aliphatic carbocycles. The highest BCUT2D eigenvalue weighted by Crippen LogP contribution is 2.07. The fourth-order valence-electron chi connectivity index (χ4n) is 0.809. The average Bonchev–Trinajstić information content (AvgIpc) is 2.03. The fourth-order valence-corrected chi connectivity index (χ4v) is 2.14. The molecule has 0 aliphatic heterocycles. The van der Waals surface area contributed by atoms with Gasteiger partial charge >= 0.3 is 0 Å². The van der Waals surface area contributed by atoms with Crippen molar-refractivity contribution in [1.29, 1.82) is 0 Å². The molecule has 4 N–H and O–H groups in total. The molecule has 0 saturated carbocycles. The topological polar surface area (TPSA) is 84.2 Å². The Morgan fingerprint density at radius 2 is 1.92 bits per heavy atom. The van der Waals surface area contributed by atoms with Gasteiger partial charge < -0.3 is 5.73 Å². The quantitative estimate of drug-likeness (QED) is 0.554. The summed E-state index contributed by atoms with van der Waals surface area (Å²) >= 11 is 0. The summed E-state index contributed by atoms with van der Waals surface area (Å²) in [7, 11) is -3.39. The summed E-state index contributed by atoms with van der Waals surface area (Å²) in [6.45, 7) is 6.06. The van der Waals surface area contributed by atoms with Gasteiger partial charge in [0.2, 0.25) is 0 Å². The van der Waals surface area contributed by atoms with Crippen LogP contribution in [0.25, 0.3) is 0 Å². The molecule has 0 aliphatic rings. The Bertz CT molecular complexity index is 234. The van der Waals surface area contributed by atoms with Gasteiger partial charge in [-0.2, -0.15) is 13.1 Å². The van der Waals surface area contributed by atoms with Crippen LogP contribution in [0, 0.1) is 0 Å². The highest BCUT2D eigenvalue weighted by Gasteiger charge is 2.25. The minimum absolute atomic E-state index is 0.286. The van der Waals surface area contributed by atoms with Crippen LogP contribution < -0.4 is 15.2 Å². The van der Waals surface area contributed by atoms with Crippen LogP contribution in [0.4, 0.5) is 0 Å². The molecular formula is C7H19N3O2S. The molecule has 0 saturated heterocycles. The molecule has 0 aromatic heterocycles. The van der Waals surface area contributed by atoms with E-state index in [0.29, 0.717) is 13.0 Å². The van der Waals surface area contributed by atoms with Gasteiger partial charge in [-0.05, 0) is 13.3 Å². The van der Waals surface area contributed by atoms with Crippen LogP contribution in [0.3, 0.4) is 0 Å². The zero-order valence-corrected chi connectivity index (χ0v) is 9.24. The third kappa shape index (κ3) is 4.56. The van der Waals surface area contributed by atoms with Crippen LogP contribution in [-0.4, -0.2) is 27.0 Å². The second-order valence-corrected chi connectivity index (χ2v) is 4.72. The monoisotopic (exact) mass is 209 g/mol. The van der Waals surface area contributed by atoms with Crippen molar-refractivity contribution in [3.8, 4) is 0 Å². The first-order valence-corrected chi connectivity index (χ1v) is 5.86. The number of hydrogen-bond donors (Lipinski definition) is 3. The molecule has 0 aromatic rings. The SMILES string of the molecule is CCNS(=O)(=O)NC(C)(CC)CN. The van der Waals surface area contributed by atoms with Crippen molar-refractivity contribution in [2.45, 2.75) is 32.7 Å². The van der Waals surface area contributed by atoms with E-state index in [1.165, 1.54) is 0 Å². The van der Waals surface area contributed by atoms with Gasteiger partial charge in [0.25, 0.3) is 10.2 Å². The Hall–Kier alpha value is -0.170. The summed E-state index contributed by atoms with van der Waals surface area (Å²) in [5, 5.41) is 0. The van der Waals surface area contributed by atoms with Crippen molar-refractivity contribution >= 4 is 10.2 Å². The predicted octanol–water partition coefficient (Wildman–Crippen LogP) is -0.442. The minimum Gasteiger partial charge on any atom is -0.329 e. The van der Waals surface area contributed by atoms with Gasteiger partial charge in [-0.15, -0.1) is 0 Å². The van der Waals surface area contributed by atoms with E-state index in [2.05, 4.69) is 9.44 Å². The van der Waals surface area contributed by atoms with Gasteiger partial charge in [0.05, 0.1) is 0 Å². The lowest BCUT2D eigenvalue weighted by molar-refractivity contribution is 0.408. The third-order valence-corrected chi connectivity index (χ3v) is 3.38. The van der Waals surface area contributed by atoms with Gasteiger partial charge in [-0.1, -0.05) is 13.8 Å². The summed E-state index contributed by atoms with van der Waals surface area (Å²) in [6.07, 6.45) is 0.661. The Balaban J connectivity index is 4.40. The van der Waals surface area contributed by atoms with Crippen LogP contribution in [0.15, 0.2) is 0 Å².